The average Bonchev–Trinajstić information content (AvgIpc) is 3.89. The van der Waals surface area contributed by atoms with E-state index in [1.54, 1.807) is 0 Å². The van der Waals surface area contributed by atoms with Gasteiger partial charge >= 0.3 is 0 Å². The van der Waals surface area contributed by atoms with E-state index in [0.717, 1.165) is 5.69 Å². The van der Waals surface area contributed by atoms with Gasteiger partial charge in [-0.1, -0.05) is 164 Å². The van der Waals surface area contributed by atoms with Gasteiger partial charge in [-0.05, 0) is 112 Å². The van der Waals surface area contributed by atoms with Gasteiger partial charge in [-0.25, -0.2) is 0 Å². The van der Waals surface area contributed by atoms with Crippen LogP contribution in [0.5, 0.6) is 0 Å². The maximum absolute atomic E-state index is 4.79. The van der Waals surface area contributed by atoms with Crippen LogP contribution in [-0.4, -0.2) is 4.98 Å². The Hall–Kier alpha value is -6.61. The lowest BCUT2D eigenvalue weighted by atomic mass is 9.70. The Kier molecular flexibility index (Phi) is 6.20. The van der Waals surface area contributed by atoms with Crippen LogP contribution in [0.1, 0.15) is 22.3 Å². The molecule has 1 unspecified atom stereocenters. The number of thiophene rings is 1. The van der Waals surface area contributed by atoms with Gasteiger partial charge in [0.15, 0.2) is 0 Å². The summed E-state index contributed by atoms with van der Waals surface area (Å²) in [6, 6.07) is 67.6. The minimum Gasteiger partial charge on any atom is -0.255 e. The molecule has 1 spiro atoms. The molecule has 2 aliphatic rings. The zero-order valence-electron chi connectivity index (χ0n) is 29.3. The number of rotatable bonds is 3. The molecule has 54 heavy (non-hydrogen) atoms. The monoisotopic (exact) mass is 701 g/mol. The Bertz CT molecular complexity index is 3110. The predicted octanol–water partition coefficient (Wildman–Crippen LogP) is 13.9. The van der Waals surface area contributed by atoms with Gasteiger partial charge in [0.1, 0.15) is 0 Å². The van der Waals surface area contributed by atoms with Crippen LogP contribution in [0.25, 0.3) is 86.7 Å². The second kappa shape index (κ2) is 11.2. The molecule has 1 nitrogen and oxygen atoms in total. The largest absolute Gasteiger partial charge is 0.255 e. The molecule has 0 saturated carbocycles. The van der Waals surface area contributed by atoms with E-state index in [4.69, 9.17) is 4.98 Å². The normalized spacial score (nSPS) is 15.1. The quantitative estimate of drug-likeness (QED) is 0.167. The molecule has 0 fully saturated rings. The zero-order valence-corrected chi connectivity index (χ0v) is 30.1. The second-order valence-corrected chi connectivity index (χ2v) is 15.6. The summed E-state index contributed by atoms with van der Waals surface area (Å²) in [5, 5.41) is 7.61. The Labute approximate surface area is 317 Å². The number of fused-ring (bicyclic) bond motifs is 13. The molecule has 2 heteroatoms. The molecule has 2 aromatic heterocycles. The number of hydrogen-bond donors (Lipinski definition) is 0. The van der Waals surface area contributed by atoms with Crippen molar-refractivity contribution in [2.24, 2.45) is 0 Å². The fourth-order valence-corrected chi connectivity index (χ4v) is 11.2. The molecule has 0 amide bonds. The van der Waals surface area contributed by atoms with Crippen molar-refractivity contribution in [2.45, 2.75) is 5.41 Å². The second-order valence-electron chi connectivity index (χ2n) is 14.5. The van der Waals surface area contributed by atoms with Crippen molar-refractivity contribution < 1.29 is 0 Å². The van der Waals surface area contributed by atoms with Crippen molar-refractivity contribution in [1.82, 2.24) is 4.98 Å². The van der Waals surface area contributed by atoms with E-state index in [1.807, 2.05) is 23.6 Å². The minimum absolute atomic E-state index is 0.439. The van der Waals surface area contributed by atoms with Gasteiger partial charge in [-0.3, -0.25) is 4.98 Å². The van der Waals surface area contributed by atoms with Gasteiger partial charge in [-0.15, -0.1) is 11.3 Å². The predicted molar refractivity (Wildman–Crippen MR) is 227 cm³/mol. The highest BCUT2D eigenvalue weighted by Crippen LogP contribution is 2.66. The zero-order chi connectivity index (χ0) is 35.4. The van der Waals surface area contributed by atoms with Crippen LogP contribution in [0.3, 0.4) is 0 Å². The third-order valence-corrected chi connectivity index (χ3v) is 13.1. The van der Waals surface area contributed by atoms with Crippen LogP contribution in [0.2, 0.25) is 0 Å². The lowest BCUT2D eigenvalue weighted by Crippen LogP contribution is -2.25. The van der Waals surface area contributed by atoms with Crippen LogP contribution in [-0.2, 0) is 5.41 Å². The molecule has 1 atom stereocenters. The third-order valence-electron chi connectivity index (χ3n) is 12.0. The van der Waals surface area contributed by atoms with Crippen molar-refractivity contribution in [2.75, 3.05) is 0 Å². The third kappa shape index (κ3) is 3.85. The maximum atomic E-state index is 4.79. The summed E-state index contributed by atoms with van der Waals surface area (Å²) >= 11 is 1.87. The fraction of sp³-hybridized carbons (Fsp3) is 0.0192. The molecular weight excluding hydrogens is 671 g/mol. The summed E-state index contributed by atoms with van der Waals surface area (Å²) in [5.74, 6) is 0. The highest BCUT2D eigenvalue weighted by Gasteiger charge is 2.53. The van der Waals surface area contributed by atoms with Gasteiger partial charge in [0, 0.05) is 11.1 Å². The van der Waals surface area contributed by atoms with E-state index in [-0.39, 0.29) is 0 Å². The van der Waals surface area contributed by atoms with Crippen molar-refractivity contribution >= 4 is 43.7 Å². The molecule has 2 heterocycles. The summed E-state index contributed by atoms with van der Waals surface area (Å²) in [6.07, 6.45) is 1.90. The summed E-state index contributed by atoms with van der Waals surface area (Å²) in [5.41, 5.74) is 15.1. The summed E-state index contributed by atoms with van der Waals surface area (Å²) in [6.45, 7) is 0. The van der Waals surface area contributed by atoms with Crippen LogP contribution >= 0.6 is 11.3 Å². The number of aromatic nitrogens is 1. The Morgan fingerprint density at radius 1 is 0.370 bits per heavy atom. The standard InChI is InChI=1S/C52H31NS/c1-2-17-33-32(15-1)16-13-24-34(33)48-35-18-3-5-20-37(35)49(38-21-6-4-19-36(38)48)41-25-14-28-44-50(41)39-22-7-9-26-42(39)52(44)43-27-10-8-23-40(43)51-45(52)31-47(54-51)46-29-11-12-30-53-46/h1-31H. The number of benzene rings is 8. The summed E-state index contributed by atoms with van der Waals surface area (Å²) in [4.78, 5) is 7.34. The molecule has 12 rings (SSSR count). The van der Waals surface area contributed by atoms with E-state index in [1.165, 1.54) is 103 Å². The van der Waals surface area contributed by atoms with Crippen molar-refractivity contribution in [1.29, 1.82) is 0 Å². The fourth-order valence-electron chi connectivity index (χ4n) is 9.93. The number of pyridine rings is 1. The molecule has 0 aliphatic heterocycles. The van der Waals surface area contributed by atoms with Gasteiger partial charge < -0.3 is 0 Å². The van der Waals surface area contributed by atoms with Gasteiger partial charge in [-0.2, -0.15) is 0 Å². The molecule has 10 aromatic rings. The lowest BCUT2D eigenvalue weighted by Gasteiger charge is -2.30. The first-order chi connectivity index (χ1) is 26.8. The Morgan fingerprint density at radius 2 is 0.889 bits per heavy atom. The van der Waals surface area contributed by atoms with Crippen molar-refractivity contribution in [3.8, 4) is 54.4 Å². The van der Waals surface area contributed by atoms with Crippen molar-refractivity contribution in [3.63, 3.8) is 0 Å². The van der Waals surface area contributed by atoms with Crippen LogP contribution in [0.15, 0.2) is 188 Å². The van der Waals surface area contributed by atoms with Crippen LogP contribution in [0, 0.1) is 0 Å². The van der Waals surface area contributed by atoms with E-state index >= 15 is 0 Å². The molecule has 250 valence electrons. The smallest absolute Gasteiger partial charge is 0.0801 e. The highest BCUT2D eigenvalue weighted by atomic mass is 32.1. The first-order valence-corrected chi connectivity index (χ1v) is 19.4. The van der Waals surface area contributed by atoms with Gasteiger partial charge in [0.25, 0.3) is 0 Å². The molecule has 2 aliphatic carbocycles. The first kappa shape index (κ1) is 29.9. The molecule has 0 saturated heterocycles. The van der Waals surface area contributed by atoms with E-state index < -0.39 is 5.41 Å². The first-order valence-electron chi connectivity index (χ1n) is 18.6. The maximum Gasteiger partial charge on any atom is 0.0801 e. The number of nitrogens with zero attached hydrogens (tertiary/aromatic N) is 1. The molecule has 8 aromatic carbocycles. The van der Waals surface area contributed by atoms with Gasteiger partial charge in [0.05, 0.1) is 16.0 Å². The lowest BCUT2D eigenvalue weighted by molar-refractivity contribution is 0.796. The number of hydrogen-bond acceptors (Lipinski definition) is 2. The Morgan fingerprint density at radius 3 is 1.61 bits per heavy atom. The summed E-state index contributed by atoms with van der Waals surface area (Å²) < 4.78 is 0. The molecule has 0 bridgehead atoms. The highest BCUT2D eigenvalue weighted by molar-refractivity contribution is 7.19. The average molecular weight is 702 g/mol. The topological polar surface area (TPSA) is 12.9 Å². The minimum atomic E-state index is -0.439. The van der Waals surface area contributed by atoms with Gasteiger partial charge in [0.2, 0.25) is 0 Å². The van der Waals surface area contributed by atoms with E-state index in [2.05, 4.69) is 176 Å². The Balaban J connectivity index is 1.20. The van der Waals surface area contributed by atoms with Crippen LogP contribution in [0.4, 0.5) is 0 Å². The van der Waals surface area contributed by atoms with E-state index in [0.29, 0.717) is 0 Å². The van der Waals surface area contributed by atoms with E-state index in [9.17, 15) is 0 Å². The molecule has 0 radical (unpaired) electrons. The van der Waals surface area contributed by atoms with Crippen LogP contribution < -0.4 is 0 Å². The van der Waals surface area contributed by atoms with Crippen molar-refractivity contribution in [3.05, 3.63) is 210 Å². The molecule has 0 N–H and O–H groups in total. The summed E-state index contributed by atoms with van der Waals surface area (Å²) in [7, 11) is 0. The molecular formula is C52H31NS. The SMILES string of the molecule is c1ccc(-c2cc3c(s2)-c2ccccc2C32c3ccccc3-c3c(-c4c5ccccc5c(-c5cccc6ccccc56)c5ccccc45)cccc32)nc1.